The Balaban J connectivity index is 2.26. The summed E-state index contributed by atoms with van der Waals surface area (Å²) in [6.07, 6.45) is 2.63. The van der Waals surface area contributed by atoms with E-state index in [1.54, 1.807) is 18.1 Å². The second-order valence-corrected chi connectivity index (χ2v) is 5.17. The van der Waals surface area contributed by atoms with Gasteiger partial charge in [0.25, 0.3) is 5.91 Å². The lowest BCUT2D eigenvalue weighted by Crippen LogP contribution is -2.31. The maximum Gasteiger partial charge on any atom is 0.276 e. The Hall–Kier alpha value is -2.08. The molecule has 0 radical (unpaired) electrons. The molecule has 1 heterocycles. The first kappa shape index (κ1) is 16.3. The number of nitrogens with one attached hydrogen (secondary N) is 1. The number of benzene rings is 1. The second-order valence-electron chi connectivity index (χ2n) is 4.79. The van der Waals surface area contributed by atoms with Crippen molar-refractivity contribution >= 4 is 29.3 Å². The third-order valence-corrected chi connectivity index (χ3v) is 3.53. The minimum Gasteiger partial charge on any atom is -0.493 e. The number of ether oxygens (including phenoxy) is 2. The van der Waals surface area contributed by atoms with Gasteiger partial charge in [-0.1, -0.05) is 13.0 Å². The third kappa shape index (κ3) is 3.39. The molecule has 6 heteroatoms. The molecule has 0 aromatic heterocycles. The number of carbonyl (C=O) groups excluding carboxylic acids is 1. The lowest BCUT2D eigenvalue weighted by Gasteiger charge is -2.11. The van der Waals surface area contributed by atoms with Gasteiger partial charge < -0.3 is 14.8 Å². The molecule has 1 N–H and O–H groups in total. The van der Waals surface area contributed by atoms with Crippen molar-refractivity contribution in [1.29, 1.82) is 0 Å². The predicted octanol–water partition coefficient (Wildman–Crippen LogP) is 2.56. The number of thiocarbonyl (C=S) groups is 1. The van der Waals surface area contributed by atoms with Crippen LogP contribution in [-0.4, -0.2) is 36.2 Å². The second kappa shape index (κ2) is 7.26. The minimum absolute atomic E-state index is 0.0975. The van der Waals surface area contributed by atoms with Gasteiger partial charge in [-0.05, 0) is 49.3 Å². The van der Waals surface area contributed by atoms with Crippen LogP contribution in [0.15, 0.2) is 23.9 Å². The van der Waals surface area contributed by atoms with Crippen LogP contribution >= 0.6 is 12.2 Å². The van der Waals surface area contributed by atoms with Crippen molar-refractivity contribution in [3.05, 3.63) is 29.5 Å². The number of hydrogen-bond donors (Lipinski definition) is 1. The van der Waals surface area contributed by atoms with Crippen LogP contribution in [0, 0.1) is 0 Å². The molecule has 1 saturated heterocycles. The topological polar surface area (TPSA) is 50.8 Å². The van der Waals surface area contributed by atoms with Gasteiger partial charge in [-0.25, -0.2) is 0 Å². The summed E-state index contributed by atoms with van der Waals surface area (Å²) in [5.41, 5.74) is 1.32. The molecule has 0 spiro atoms. The Labute approximate surface area is 135 Å². The van der Waals surface area contributed by atoms with E-state index < -0.39 is 0 Å². The standard InChI is InChI=1S/C16H20N2O3S/c1-4-8-18-15(19)12(17-16(18)22)9-11-6-7-13(21-5-2)14(10-11)20-3/h6-7,9-10H,4-5,8H2,1-3H3,(H,17,22). The normalized spacial score (nSPS) is 16.1. The molecule has 0 bridgehead atoms. The molecule has 0 unspecified atom stereocenters. The Morgan fingerprint density at radius 3 is 2.73 bits per heavy atom. The van der Waals surface area contributed by atoms with Gasteiger partial charge in [-0.3, -0.25) is 9.69 Å². The first-order chi connectivity index (χ1) is 10.6. The quantitative estimate of drug-likeness (QED) is 0.645. The summed E-state index contributed by atoms with van der Waals surface area (Å²) in [6.45, 7) is 5.11. The maximum absolute atomic E-state index is 12.3. The number of hydrogen-bond acceptors (Lipinski definition) is 4. The molecule has 1 aromatic rings. The number of nitrogens with zero attached hydrogens (tertiary/aromatic N) is 1. The van der Waals surface area contributed by atoms with Crippen molar-refractivity contribution in [2.24, 2.45) is 0 Å². The molecule has 1 aliphatic heterocycles. The van der Waals surface area contributed by atoms with E-state index in [4.69, 9.17) is 21.7 Å². The summed E-state index contributed by atoms with van der Waals surface area (Å²) in [4.78, 5) is 13.9. The fraction of sp³-hybridized carbons (Fsp3) is 0.375. The summed E-state index contributed by atoms with van der Waals surface area (Å²) >= 11 is 5.19. The highest BCUT2D eigenvalue weighted by Gasteiger charge is 2.29. The Bertz CT molecular complexity index is 613. The fourth-order valence-corrected chi connectivity index (χ4v) is 2.50. The summed E-state index contributed by atoms with van der Waals surface area (Å²) < 4.78 is 10.8. The van der Waals surface area contributed by atoms with E-state index in [0.717, 1.165) is 12.0 Å². The van der Waals surface area contributed by atoms with Crippen molar-refractivity contribution < 1.29 is 14.3 Å². The number of amides is 1. The molecule has 0 aliphatic carbocycles. The van der Waals surface area contributed by atoms with Gasteiger partial charge in [-0.15, -0.1) is 0 Å². The molecule has 5 nitrogen and oxygen atoms in total. The molecule has 1 aliphatic rings. The summed E-state index contributed by atoms with van der Waals surface area (Å²) in [5, 5.41) is 3.42. The lowest BCUT2D eigenvalue weighted by molar-refractivity contribution is -0.122. The van der Waals surface area contributed by atoms with E-state index in [9.17, 15) is 4.79 Å². The van der Waals surface area contributed by atoms with Crippen LogP contribution in [0.4, 0.5) is 0 Å². The van der Waals surface area contributed by atoms with Crippen molar-refractivity contribution in [3.8, 4) is 11.5 Å². The molecule has 1 amide bonds. The van der Waals surface area contributed by atoms with Gasteiger partial charge >= 0.3 is 0 Å². The lowest BCUT2D eigenvalue weighted by atomic mass is 10.1. The molecule has 22 heavy (non-hydrogen) atoms. The number of carbonyl (C=O) groups is 1. The average molecular weight is 320 g/mol. The molecule has 1 fully saturated rings. The van der Waals surface area contributed by atoms with Gasteiger partial charge in [-0.2, -0.15) is 0 Å². The highest BCUT2D eigenvalue weighted by Crippen LogP contribution is 2.29. The van der Waals surface area contributed by atoms with E-state index in [-0.39, 0.29) is 5.91 Å². The van der Waals surface area contributed by atoms with Crippen LogP contribution in [0.25, 0.3) is 6.08 Å². The monoisotopic (exact) mass is 320 g/mol. The Morgan fingerprint density at radius 2 is 2.09 bits per heavy atom. The average Bonchev–Trinajstić information content (AvgIpc) is 2.77. The highest BCUT2D eigenvalue weighted by atomic mass is 32.1. The zero-order valence-corrected chi connectivity index (χ0v) is 13.8. The van der Waals surface area contributed by atoms with Gasteiger partial charge in [0, 0.05) is 6.54 Å². The van der Waals surface area contributed by atoms with Gasteiger partial charge in [0.2, 0.25) is 0 Å². The Morgan fingerprint density at radius 1 is 1.32 bits per heavy atom. The summed E-state index contributed by atoms with van der Waals surface area (Å²) in [5.74, 6) is 1.22. The largest absolute Gasteiger partial charge is 0.493 e. The van der Waals surface area contributed by atoms with Crippen molar-refractivity contribution in [3.63, 3.8) is 0 Å². The minimum atomic E-state index is -0.0975. The first-order valence-electron chi connectivity index (χ1n) is 7.26. The first-order valence-corrected chi connectivity index (χ1v) is 7.66. The van der Waals surface area contributed by atoms with Crippen molar-refractivity contribution in [1.82, 2.24) is 10.2 Å². The molecule has 0 saturated carbocycles. The van der Waals surface area contributed by atoms with E-state index in [1.807, 2.05) is 32.0 Å². The molecule has 1 aromatic carbocycles. The zero-order chi connectivity index (χ0) is 16.1. The zero-order valence-electron chi connectivity index (χ0n) is 13.0. The number of rotatable bonds is 6. The maximum atomic E-state index is 12.3. The molecule has 0 atom stereocenters. The van der Waals surface area contributed by atoms with Crippen LogP contribution in [0.1, 0.15) is 25.8 Å². The predicted molar refractivity (Wildman–Crippen MR) is 89.9 cm³/mol. The SMILES string of the molecule is CCCN1C(=O)C(=Cc2ccc(OCC)c(OC)c2)NC1=S. The summed E-state index contributed by atoms with van der Waals surface area (Å²) in [7, 11) is 1.59. The molecule has 118 valence electrons. The van der Waals surface area contributed by atoms with Crippen LogP contribution in [0.5, 0.6) is 11.5 Å². The van der Waals surface area contributed by atoms with Crippen LogP contribution in [0.2, 0.25) is 0 Å². The van der Waals surface area contributed by atoms with Crippen LogP contribution in [-0.2, 0) is 4.79 Å². The van der Waals surface area contributed by atoms with E-state index in [1.165, 1.54) is 0 Å². The van der Waals surface area contributed by atoms with Gasteiger partial charge in [0.15, 0.2) is 16.6 Å². The van der Waals surface area contributed by atoms with E-state index in [2.05, 4.69) is 5.32 Å². The van der Waals surface area contributed by atoms with Crippen molar-refractivity contribution in [2.45, 2.75) is 20.3 Å². The highest BCUT2D eigenvalue weighted by molar-refractivity contribution is 7.80. The van der Waals surface area contributed by atoms with Crippen LogP contribution in [0.3, 0.4) is 0 Å². The fourth-order valence-electron chi connectivity index (χ4n) is 2.21. The molecule has 2 rings (SSSR count). The molecular weight excluding hydrogens is 300 g/mol. The van der Waals surface area contributed by atoms with E-state index >= 15 is 0 Å². The smallest absolute Gasteiger partial charge is 0.276 e. The van der Waals surface area contributed by atoms with E-state index in [0.29, 0.717) is 35.5 Å². The summed E-state index contributed by atoms with van der Waals surface area (Å²) in [6, 6.07) is 5.54. The Kier molecular flexibility index (Phi) is 5.38. The van der Waals surface area contributed by atoms with Crippen molar-refractivity contribution in [2.75, 3.05) is 20.3 Å². The number of methoxy groups -OCH3 is 1. The van der Waals surface area contributed by atoms with Crippen LogP contribution < -0.4 is 14.8 Å². The van der Waals surface area contributed by atoms with Gasteiger partial charge in [0.05, 0.1) is 13.7 Å². The molecular formula is C16H20N2O3S. The third-order valence-electron chi connectivity index (χ3n) is 3.21. The van der Waals surface area contributed by atoms with Gasteiger partial charge in [0.1, 0.15) is 5.70 Å².